The van der Waals surface area contributed by atoms with E-state index in [0.29, 0.717) is 6.07 Å². The van der Waals surface area contributed by atoms with Gasteiger partial charge in [-0.15, -0.1) is 0 Å². The maximum atomic E-state index is 13.3. The van der Waals surface area contributed by atoms with Gasteiger partial charge in [-0.1, -0.05) is 0 Å². The highest BCUT2D eigenvalue weighted by molar-refractivity contribution is 5.93. The van der Waals surface area contributed by atoms with E-state index in [-0.39, 0.29) is 10.9 Å². The van der Waals surface area contributed by atoms with E-state index in [4.69, 9.17) is 10.2 Å². The van der Waals surface area contributed by atoms with Gasteiger partial charge in [0.25, 0.3) is 0 Å². The molecule has 0 aliphatic heterocycles. The van der Waals surface area contributed by atoms with Gasteiger partial charge in [-0.3, -0.25) is 4.79 Å². The normalized spacial score (nSPS) is 10.8. The van der Waals surface area contributed by atoms with Crippen LogP contribution in [0.5, 0.6) is 0 Å². The number of H-pyrrole nitrogens is 1. The van der Waals surface area contributed by atoms with Crippen LogP contribution in [-0.2, 0) is 6.61 Å². The van der Waals surface area contributed by atoms with Crippen molar-refractivity contribution in [1.29, 1.82) is 0 Å². The maximum Gasteiger partial charge on any atom is 0.341 e. The van der Waals surface area contributed by atoms with Crippen LogP contribution >= 0.6 is 0 Å². The number of halogens is 2. The van der Waals surface area contributed by atoms with Gasteiger partial charge in [-0.2, -0.15) is 0 Å². The minimum Gasteiger partial charge on any atom is -0.477 e. The minimum atomic E-state index is -1.48. The van der Waals surface area contributed by atoms with Crippen molar-refractivity contribution < 1.29 is 23.8 Å². The lowest BCUT2D eigenvalue weighted by Crippen LogP contribution is -2.16. The molecule has 0 radical (unpaired) electrons. The first-order valence-electron chi connectivity index (χ1n) is 4.83. The number of aromatic amines is 1. The molecule has 94 valence electrons. The first kappa shape index (κ1) is 12.2. The van der Waals surface area contributed by atoms with Gasteiger partial charge >= 0.3 is 5.97 Å². The Morgan fingerprint density at radius 2 is 2.06 bits per heavy atom. The van der Waals surface area contributed by atoms with E-state index in [9.17, 15) is 18.4 Å². The molecule has 0 fully saturated rings. The van der Waals surface area contributed by atoms with Gasteiger partial charge < -0.3 is 15.2 Å². The van der Waals surface area contributed by atoms with Crippen molar-refractivity contribution in [3.05, 3.63) is 45.2 Å². The molecule has 18 heavy (non-hydrogen) atoms. The molecule has 0 aliphatic rings. The first-order chi connectivity index (χ1) is 8.47. The molecule has 1 heterocycles. The number of hydrogen-bond donors (Lipinski definition) is 3. The van der Waals surface area contributed by atoms with Gasteiger partial charge in [0.05, 0.1) is 12.1 Å². The summed E-state index contributed by atoms with van der Waals surface area (Å²) >= 11 is 0. The monoisotopic (exact) mass is 255 g/mol. The standard InChI is InChI=1S/C11H7F2NO4/c12-7-1-4-9(6(3-15)8(7)13)14-2-5(10(4)16)11(17)18/h1-2,15H,3H2,(H,14,16)(H,17,18). The molecule has 3 N–H and O–H groups in total. The van der Waals surface area contributed by atoms with Crippen molar-refractivity contribution in [2.24, 2.45) is 0 Å². The van der Waals surface area contributed by atoms with E-state index in [1.54, 1.807) is 0 Å². The van der Waals surface area contributed by atoms with Crippen LogP contribution in [0.2, 0.25) is 0 Å². The second-order valence-corrected chi connectivity index (χ2v) is 3.57. The third-order valence-electron chi connectivity index (χ3n) is 2.56. The summed E-state index contributed by atoms with van der Waals surface area (Å²) in [6.45, 7) is -0.817. The lowest BCUT2D eigenvalue weighted by atomic mass is 10.1. The number of benzene rings is 1. The summed E-state index contributed by atoms with van der Waals surface area (Å²) in [5.74, 6) is -4.07. The number of aromatic carboxylic acids is 1. The fourth-order valence-corrected chi connectivity index (χ4v) is 1.68. The Balaban J connectivity index is 2.97. The van der Waals surface area contributed by atoms with Crippen molar-refractivity contribution in [2.45, 2.75) is 6.61 Å². The molecule has 0 atom stereocenters. The Morgan fingerprint density at radius 3 is 2.61 bits per heavy atom. The molecule has 1 aromatic heterocycles. The highest BCUT2D eigenvalue weighted by Crippen LogP contribution is 2.21. The molecule has 2 aromatic rings. The molecule has 0 spiro atoms. The van der Waals surface area contributed by atoms with Crippen molar-refractivity contribution >= 4 is 16.9 Å². The summed E-state index contributed by atoms with van der Waals surface area (Å²) < 4.78 is 26.6. The topological polar surface area (TPSA) is 90.4 Å². The van der Waals surface area contributed by atoms with Crippen molar-refractivity contribution in [2.75, 3.05) is 0 Å². The van der Waals surface area contributed by atoms with Gasteiger partial charge in [0.1, 0.15) is 5.56 Å². The molecule has 1 aromatic carbocycles. The molecule has 0 saturated heterocycles. The number of carbonyl (C=O) groups is 1. The highest BCUT2D eigenvalue weighted by atomic mass is 19.2. The second kappa shape index (κ2) is 4.19. The second-order valence-electron chi connectivity index (χ2n) is 3.57. The highest BCUT2D eigenvalue weighted by Gasteiger charge is 2.18. The van der Waals surface area contributed by atoms with Crippen molar-refractivity contribution in [1.82, 2.24) is 4.98 Å². The molecule has 5 nitrogen and oxygen atoms in total. The number of nitrogens with one attached hydrogen (secondary N) is 1. The van der Waals surface area contributed by atoms with Gasteiger partial charge in [-0.25, -0.2) is 13.6 Å². The number of hydrogen-bond acceptors (Lipinski definition) is 3. The van der Waals surface area contributed by atoms with Crippen LogP contribution in [-0.4, -0.2) is 21.2 Å². The fourth-order valence-electron chi connectivity index (χ4n) is 1.68. The van der Waals surface area contributed by atoms with Crippen LogP contribution in [0.15, 0.2) is 17.1 Å². The minimum absolute atomic E-state index is 0.119. The summed E-state index contributed by atoms with van der Waals surface area (Å²) in [4.78, 5) is 24.8. The van der Waals surface area contributed by atoms with Crippen LogP contribution in [0.1, 0.15) is 15.9 Å². The van der Waals surface area contributed by atoms with Crippen LogP contribution < -0.4 is 5.43 Å². The largest absolute Gasteiger partial charge is 0.477 e. The number of aliphatic hydroxyl groups is 1. The average molecular weight is 255 g/mol. The molecule has 7 heteroatoms. The number of aromatic nitrogens is 1. The van der Waals surface area contributed by atoms with Gasteiger partial charge in [0.15, 0.2) is 11.6 Å². The number of aliphatic hydroxyl groups excluding tert-OH is 1. The smallest absolute Gasteiger partial charge is 0.341 e. The van der Waals surface area contributed by atoms with E-state index < -0.39 is 40.8 Å². The summed E-state index contributed by atoms with van der Waals surface area (Å²) in [6.07, 6.45) is 0.878. The van der Waals surface area contributed by atoms with Crippen molar-refractivity contribution in [3.8, 4) is 0 Å². The van der Waals surface area contributed by atoms with Crippen LogP contribution in [0.4, 0.5) is 8.78 Å². The van der Waals surface area contributed by atoms with Crippen molar-refractivity contribution in [3.63, 3.8) is 0 Å². The SMILES string of the molecule is O=C(O)c1c[nH]c2c(CO)c(F)c(F)cc2c1=O. The first-order valence-corrected chi connectivity index (χ1v) is 4.83. The predicted octanol–water partition coefficient (Wildman–Crippen LogP) is 0.997. The average Bonchev–Trinajstić information content (AvgIpc) is 2.32. The molecule has 0 saturated carbocycles. The zero-order valence-corrected chi connectivity index (χ0v) is 8.83. The molecule has 0 aliphatic carbocycles. The third-order valence-corrected chi connectivity index (χ3v) is 2.56. The Kier molecular flexibility index (Phi) is 2.84. The van der Waals surface area contributed by atoms with Gasteiger partial charge in [-0.05, 0) is 6.07 Å². The van der Waals surface area contributed by atoms with Crippen LogP contribution in [0.3, 0.4) is 0 Å². The fraction of sp³-hybridized carbons (Fsp3) is 0.0909. The Hall–Kier alpha value is -2.28. The number of rotatable bonds is 2. The zero-order valence-electron chi connectivity index (χ0n) is 8.83. The summed E-state index contributed by atoms with van der Waals surface area (Å²) in [6, 6.07) is 0.606. The number of pyridine rings is 1. The quantitative estimate of drug-likeness (QED) is 0.746. The molecular weight excluding hydrogens is 248 g/mol. The third kappa shape index (κ3) is 1.65. The predicted molar refractivity (Wildman–Crippen MR) is 57.4 cm³/mol. The van der Waals surface area contributed by atoms with Crippen LogP contribution in [0.25, 0.3) is 10.9 Å². The van der Waals surface area contributed by atoms with E-state index >= 15 is 0 Å². The Labute approximate surface area is 98.3 Å². The molecule has 0 unspecified atom stereocenters. The Morgan fingerprint density at radius 1 is 1.39 bits per heavy atom. The lowest BCUT2D eigenvalue weighted by Gasteiger charge is -2.07. The Bertz CT molecular complexity index is 708. The molecule has 0 bridgehead atoms. The number of fused-ring (bicyclic) bond motifs is 1. The van der Waals surface area contributed by atoms with E-state index in [2.05, 4.69) is 4.98 Å². The van der Waals surface area contributed by atoms with E-state index in [0.717, 1.165) is 6.20 Å². The van der Waals surface area contributed by atoms with Gasteiger partial charge in [0.2, 0.25) is 5.43 Å². The summed E-state index contributed by atoms with van der Waals surface area (Å²) in [5, 5.41) is 17.4. The number of carboxylic acids is 1. The molecular formula is C11H7F2NO4. The molecule has 0 amide bonds. The van der Waals surface area contributed by atoms with Crippen LogP contribution in [0, 0.1) is 11.6 Å². The zero-order chi connectivity index (χ0) is 13.4. The molecule has 2 rings (SSSR count). The summed E-state index contributed by atoms with van der Waals surface area (Å²) in [7, 11) is 0. The maximum absolute atomic E-state index is 13.3. The lowest BCUT2D eigenvalue weighted by molar-refractivity contribution is 0.0695. The number of carboxylic acid groups (broad SMARTS) is 1. The van der Waals surface area contributed by atoms with Gasteiger partial charge in [0, 0.05) is 17.1 Å². The van der Waals surface area contributed by atoms with E-state index in [1.807, 2.05) is 0 Å². The van der Waals surface area contributed by atoms with E-state index in [1.165, 1.54) is 0 Å². The summed E-state index contributed by atoms with van der Waals surface area (Å²) in [5.41, 5.74) is -2.06.